The van der Waals surface area contributed by atoms with Crippen LogP contribution in [-0.2, 0) is 14.4 Å². The fourth-order valence-corrected chi connectivity index (χ4v) is 4.65. The van der Waals surface area contributed by atoms with Gasteiger partial charge in [0.25, 0.3) is 0 Å². The van der Waals surface area contributed by atoms with Gasteiger partial charge in [0.05, 0.1) is 4.87 Å². The smallest absolute Gasteiger partial charge is 0.323 e. The molecule has 21 heavy (non-hydrogen) atoms. The Morgan fingerprint density at radius 1 is 1.48 bits per heavy atom. The Morgan fingerprint density at radius 2 is 2.19 bits per heavy atom. The lowest BCUT2D eigenvalue weighted by molar-refractivity contribution is -0.149. The molecule has 0 radical (unpaired) electrons. The Hall–Kier alpha value is -1.24. The zero-order valence-corrected chi connectivity index (χ0v) is 12.9. The maximum absolute atomic E-state index is 12.7. The Balaban J connectivity index is 1.75. The van der Waals surface area contributed by atoms with Gasteiger partial charge in [0, 0.05) is 18.7 Å². The highest BCUT2D eigenvalue weighted by atomic mass is 32.2. The van der Waals surface area contributed by atoms with E-state index in [9.17, 15) is 14.4 Å². The predicted octanol–water partition coefficient (Wildman–Crippen LogP) is 0.764. The van der Waals surface area contributed by atoms with E-state index in [-0.39, 0.29) is 23.2 Å². The van der Waals surface area contributed by atoms with Crippen LogP contribution in [0.3, 0.4) is 0 Å². The van der Waals surface area contributed by atoms with Crippen molar-refractivity contribution < 1.29 is 19.5 Å². The van der Waals surface area contributed by atoms with Crippen molar-refractivity contribution in [1.82, 2.24) is 9.80 Å². The van der Waals surface area contributed by atoms with Crippen molar-refractivity contribution in [3.63, 3.8) is 0 Å². The van der Waals surface area contributed by atoms with Crippen molar-refractivity contribution in [2.75, 3.05) is 18.8 Å². The molecule has 7 heteroatoms. The molecule has 2 saturated heterocycles. The number of hydrogen-bond acceptors (Lipinski definition) is 4. The summed E-state index contributed by atoms with van der Waals surface area (Å²) in [5.41, 5.74) is 0. The van der Waals surface area contributed by atoms with Crippen molar-refractivity contribution in [3.05, 3.63) is 0 Å². The molecular formula is C14H20N2O4S. The lowest BCUT2D eigenvalue weighted by Gasteiger charge is -2.32. The summed E-state index contributed by atoms with van der Waals surface area (Å²) in [6.45, 7) is 2.23. The van der Waals surface area contributed by atoms with Gasteiger partial charge in [-0.1, -0.05) is 0 Å². The molecule has 2 aliphatic heterocycles. The summed E-state index contributed by atoms with van der Waals surface area (Å²) in [5.74, 6) is -0.173. The molecule has 1 N–H and O–H groups in total. The molecule has 2 heterocycles. The topological polar surface area (TPSA) is 77.9 Å². The van der Waals surface area contributed by atoms with Crippen molar-refractivity contribution in [2.24, 2.45) is 5.92 Å². The van der Waals surface area contributed by atoms with Crippen LogP contribution in [0.15, 0.2) is 0 Å². The lowest BCUT2D eigenvalue weighted by Crippen LogP contribution is -2.52. The molecule has 6 nitrogen and oxygen atoms in total. The zero-order valence-electron chi connectivity index (χ0n) is 12.1. The monoisotopic (exact) mass is 312 g/mol. The van der Waals surface area contributed by atoms with E-state index in [1.165, 1.54) is 4.90 Å². The molecule has 0 bridgehead atoms. The molecule has 1 aliphatic carbocycles. The van der Waals surface area contributed by atoms with E-state index in [1.54, 1.807) is 16.7 Å². The number of carboxylic acid groups (broad SMARTS) is 1. The van der Waals surface area contributed by atoms with Crippen LogP contribution >= 0.6 is 11.8 Å². The lowest BCUT2D eigenvalue weighted by atomic mass is 10.2. The number of thioether (sulfide) groups is 1. The van der Waals surface area contributed by atoms with Crippen molar-refractivity contribution in [2.45, 2.75) is 43.5 Å². The number of rotatable bonds is 5. The molecule has 3 fully saturated rings. The summed E-state index contributed by atoms with van der Waals surface area (Å²) >= 11 is 1.64. The third kappa shape index (κ3) is 2.75. The molecule has 0 aromatic carbocycles. The average Bonchev–Trinajstić information content (AvgIpc) is 3.09. The molecule has 3 aliphatic rings. The van der Waals surface area contributed by atoms with Gasteiger partial charge in [-0.05, 0) is 32.1 Å². The van der Waals surface area contributed by atoms with Gasteiger partial charge in [0.1, 0.15) is 12.6 Å². The maximum atomic E-state index is 12.7. The molecule has 116 valence electrons. The first-order valence-corrected chi connectivity index (χ1v) is 8.36. The number of carbonyl (C=O) groups excluding carboxylic acids is 2. The van der Waals surface area contributed by atoms with E-state index >= 15 is 0 Å². The van der Waals surface area contributed by atoms with E-state index in [4.69, 9.17) is 5.11 Å². The van der Waals surface area contributed by atoms with Crippen LogP contribution in [0.25, 0.3) is 0 Å². The second-order valence-electron chi connectivity index (χ2n) is 6.32. The molecule has 2 amide bonds. The highest BCUT2D eigenvalue weighted by Crippen LogP contribution is 2.47. The van der Waals surface area contributed by atoms with Crippen LogP contribution in [0.4, 0.5) is 0 Å². The van der Waals surface area contributed by atoms with E-state index in [0.29, 0.717) is 24.6 Å². The van der Waals surface area contributed by atoms with Gasteiger partial charge in [-0.2, -0.15) is 0 Å². The number of aliphatic carboxylic acids is 1. The molecule has 0 aromatic rings. The van der Waals surface area contributed by atoms with E-state index < -0.39 is 12.0 Å². The van der Waals surface area contributed by atoms with E-state index in [0.717, 1.165) is 19.3 Å². The average molecular weight is 312 g/mol. The van der Waals surface area contributed by atoms with Crippen LogP contribution in [0, 0.1) is 5.92 Å². The largest absolute Gasteiger partial charge is 0.480 e. The molecule has 0 spiro atoms. The van der Waals surface area contributed by atoms with Gasteiger partial charge in [0.2, 0.25) is 11.8 Å². The summed E-state index contributed by atoms with van der Waals surface area (Å²) < 4.78 is 0. The van der Waals surface area contributed by atoms with Crippen LogP contribution in [0.1, 0.15) is 32.6 Å². The van der Waals surface area contributed by atoms with Crippen molar-refractivity contribution >= 4 is 29.5 Å². The van der Waals surface area contributed by atoms with Crippen molar-refractivity contribution in [1.29, 1.82) is 0 Å². The first kappa shape index (κ1) is 14.7. The second kappa shape index (κ2) is 5.19. The summed E-state index contributed by atoms with van der Waals surface area (Å²) in [6.07, 6.45) is 3.36. The van der Waals surface area contributed by atoms with Gasteiger partial charge in [-0.15, -0.1) is 11.8 Å². The second-order valence-corrected chi connectivity index (χ2v) is 7.82. The molecule has 2 atom stereocenters. The third-order valence-corrected chi connectivity index (χ3v) is 6.05. The highest BCUT2D eigenvalue weighted by molar-refractivity contribution is 8.01. The van der Waals surface area contributed by atoms with Crippen LogP contribution in [0.5, 0.6) is 0 Å². The number of amides is 2. The maximum Gasteiger partial charge on any atom is 0.323 e. The fraction of sp³-hybridized carbons (Fsp3) is 0.786. The molecule has 1 saturated carbocycles. The van der Waals surface area contributed by atoms with Gasteiger partial charge in [-0.25, -0.2) is 0 Å². The molecule has 2 unspecified atom stereocenters. The van der Waals surface area contributed by atoms with Crippen LogP contribution < -0.4 is 0 Å². The van der Waals surface area contributed by atoms with Gasteiger partial charge < -0.3 is 14.9 Å². The molecule has 0 aromatic heterocycles. The van der Waals surface area contributed by atoms with Gasteiger partial charge >= 0.3 is 5.97 Å². The highest BCUT2D eigenvalue weighted by Gasteiger charge is 2.53. The Kier molecular flexibility index (Phi) is 3.63. The number of carbonyl (C=O) groups is 3. The predicted molar refractivity (Wildman–Crippen MR) is 77.7 cm³/mol. The SMILES string of the molecule is CC12CCC(=O)N1C(C(=O)N(CC(=O)O)CC1CC1)CS2. The first-order chi connectivity index (χ1) is 9.90. The number of carboxylic acids is 1. The number of fused-ring (bicyclic) bond motifs is 1. The minimum absolute atomic E-state index is 0.0162. The molecular weight excluding hydrogens is 292 g/mol. The summed E-state index contributed by atoms with van der Waals surface area (Å²) in [5, 5.41) is 9.02. The van der Waals surface area contributed by atoms with E-state index in [2.05, 4.69) is 0 Å². The Bertz CT molecular complexity index is 493. The first-order valence-electron chi connectivity index (χ1n) is 7.37. The third-order valence-electron chi connectivity index (χ3n) is 4.54. The zero-order chi connectivity index (χ0) is 15.2. The van der Waals surface area contributed by atoms with E-state index in [1.807, 2.05) is 6.92 Å². The van der Waals surface area contributed by atoms with Crippen LogP contribution in [-0.4, -0.2) is 62.4 Å². The quantitative estimate of drug-likeness (QED) is 0.811. The Morgan fingerprint density at radius 3 is 2.81 bits per heavy atom. The summed E-state index contributed by atoms with van der Waals surface area (Å²) in [7, 11) is 0. The number of nitrogens with zero attached hydrogens (tertiary/aromatic N) is 2. The standard InChI is InChI=1S/C14H20N2O4S/c1-14-5-4-11(17)16(14)10(8-21-14)13(20)15(7-12(18)19)6-9-2-3-9/h9-10H,2-8H2,1H3,(H,18,19). The van der Waals surface area contributed by atoms with Crippen LogP contribution in [0.2, 0.25) is 0 Å². The number of hydrogen-bond donors (Lipinski definition) is 1. The minimum Gasteiger partial charge on any atom is -0.480 e. The van der Waals surface area contributed by atoms with Crippen molar-refractivity contribution in [3.8, 4) is 0 Å². The summed E-state index contributed by atoms with van der Waals surface area (Å²) in [6, 6.07) is -0.493. The van der Waals surface area contributed by atoms with Gasteiger partial charge in [-0.3, -0.25) is 14.4 Å². The minimum atomic E-state index is -0.995. The molecule has 3 rings (SSSR count). The van der Waals surface area contributed by atoms with Gasteiger partial charge in [0.15, 0.2) is 0 Å². The normalized spacial score (nSPS) is 31.4. The summed E-state index contributed by atoms with van der Waals surface area (Å²) in [4.78, 5) is 38.7. The fourth-order valence-electron chi connectivity index (χ4n) is 3.22. The Labute approximate surface area is 127 Å².